The van der Waals surface area contributed by atoms with Gasteiger partial charge in [-0.2, -0.15) is 5.10 Å². The normalized spacial score (nSPS) is 15.0. The van der Waals surface area contributed by atoms with E-state index in [0.29, 0.717) is 56.4 Å². The number of hydrogen-bond acceptors (Lipinski definition) is 7. The Morgan fingerprint density at radius 1 is 1.23 bits per heavy atom. The van der Waals surface area contributed by atoms with Gasteiger partial charge < -0.3 is 14.8 Å². The molecule has 2 aromatic rings. The summed E-state index contributed by atoms with van der Waals surface area (Å²) < 4.78 is 12.8. The fourth-order valence-electron chi connectivity index (χ4n) is 3.55. The fraction of sp³-hybridized carbons (Fsp3) is 0.591. The van der Waals surface area contributed by atoms with E-state index in [1.54, 1.807) is 11.6 Å². The molecule has 0 spiro atoms. The van der Waals surface area contributed by atoms with Crippen molar-refractivity contribution in [2.75, 3.05) is 26.4 Å². The highest BCUT2D eigenvalue weighted by molar-refractivity contribution is 5.94. The lowest BCUT2D eigenvalue weighted by Gasteiger charge is -2.08. The van der Waals surface area contributed by atoms with Crippen LogP contribution in [0.2, 0.25) is 0 Å². The molecule has 0 unspecified atom stereocenters. The molecule has 0 fully saturated rings. The van der Waals surface area contributed by atoms with Gasteiger partial charge in [-0.25, -0.2) is 14.8 Å². The van der Waals surface area contributed by atoms with Crippen molar-refractivity contribution in [3.8, 4) is 0 Å². The summed E-state index contributed by atoms with van der Waals surface area (Å²) in [5, 5.41) is 7.69. The molecule has 1 amide bonds. The number of nitrogens with one attached hydrogen (secondary N) is 1. The Morgan fingerprint density at radius 2 is 2.00 bits per heavy atom. The molecular weight excluding hydrogens is 398 g/mol. The number of fused-ring (bicyclic) bond motifs is 1. The van der Waals surface area contributed by atoms with Crippen LogP contribution in [0, 0.1) is 6.92 Å². The van der Waals surface area contributed by atoms with E-state index < -0.39 is 5.97 Å². The summed E-state index contributed by atoms with van der Waals surface area (Å²) in [6.07, 6.45) is 7.63. The molecule has 0 aromatic carbocycles. The second-order valence-electron chi connectivity index (χ2n) is 7.53. The molecule has 0 saturated carbocycles. The Labute approximate surface area is 182 Å². The van der Waals surface area contributed by atoms with E-state index in [1.165, 1.54) is 12.4 Å². The zero-order valence-electron chi connectivity index (χ0n) is 18.4. The highest BCUT2D eigenvalue weighted by atomic mass is 16.5. The molecule has 3 rings (SSSR count). The number of esters is 1. The predicted octanol–water partition coefficient (Wildman–Crippen LogP) is 2.26. The molecule has 1 aliphatic heterocycles. The summed E-state index contributed by atoms with van der Waals surface area (Å²) in [4.78, 5) is 32.8. The Bertz CT molecular complexity index is 879. The largest absolute Gasteiger partial charge is 0.462 e. The third-order valence-corrected chi connectivity index (χ3v) is 5.17. The lowest BCUT2D eigenvalue weighted by atomic mass is 10.0. The number of hydrogen-bond donors (Lipinski definition) is 1. The number of aromatic nitrogens is 4. The molecule has 9 nitrogen and oxygen atoms in total. The van der Waals surface area contributed by atoms with Crippen LogP contribution in [-0.2, 0) is 28.9 Å². The maximum Gasteiger partial charge on any atom is 0.341 e. The van der Waals surface area contributed by atoms with Crippen LogP contribution in [0.1, 0.15) is 70.5 Å². The Balaban J connectivity index is 1.57. The minimum absolute atomic E-state index is 0.0632. The number of carbonyl (C=O) groups excluding carboxylic acids is 2. The third-order valence-electron chi connectivity index (χ3n) is 5.17. The van der Waals surface area contributed by atoms with Crippen LogP contribution in [0.25, 0.3) is 0 Å². The van der Waals surface area contributed by atoms with Gasteiger partial charge in [0.15, 0.2) is 0 Å². The van der Waals surface area contributed by atoms with Crippen LogP contribution in [0.4, 0.5) is 0 Å². The Hall–Kier alpha value is -2.81. The maximum atomic E-state index is 12.8. The van der Waals surface area contributed by atoms with Gasteiger partial charge >= 0.3 is 5.97 Å². The van der Waals surface area contributed by atoms with Crippen LogP contribution < -0.4 is 5.32 Å². The minimum atomic E-state index is -0.416. The molecule has 1 N–H and O–H groups in total. The van der Waals surface area contributed by atoms with Crippen LogP contribution >= 0.6 is 0 Å². The molecule has 31 heavy (non-hydrogen) atoms. The lowest BCUT2D eigenvalue weighted by molar-refractivity contribution is 0.0497. The van der Waals surface area contributed by atoms with Crippen molar-refractivity contribution in [3.63, 3.8) is 0 Å². The van der Waals surface area contributed by atoms with E-state index in [-0.39, 0.29) is 5.91 Å². The molecule has 0 saturated heterocycles. The summed E-state index contributed by atoms with van der Waals surface area (Å²) in [5.74, 6) is 0.132. The lowest BCUT2D eigenvalue weighted by Crippen LogP contribution is -2.28. The molecule has 0 aliphatic carbocycles. The van der Waals surface area contributed by atoms with Crippen molar-refractivity contribution in [2.24, 2.45) is 0 Å². The highest BCUT2D eigenvalue weighted by Gasteiger charge is 2.22. The second kappa shape index (κ2) is 11.5. The van der Waals surface area contributed by atoms with Crippen LogP contribution in [0.15, 0.2) is 12.4 Å². The number of ether oxygens (including phenoxy) is 2. The average molecular weight is 430 g/mol. The smallest absolute Gasteiger partial charge is 0.341 e. The first-order valence-corrected chi connectivity index (χ1v) is 11.0. The van der Waals surface area contributed by atoms with Gasteiger partial charge in [-0.15, -0.1) is 0 Å². The summed E-state index contributed by atoms with van der Waals surface area (Å²) in [6.45, 7) is 6.66. The minimum Gasteiger partial charge on any atom is -0.462 e. The molecule has 168 valence electrons. The zero-order chi connectivity index (χ0) is 22.1. The Morgan fingerprint density at radius 3 is 2.77 bits per heavy atom. The van der Waals surface area contributed by atoms with Crippen molar-refractivity contribution < 1.29 is 19.1 Å². The van der Waals surface area contributed by atoms with E-state index in [9.17, 15) is 9.59 Å². The van der Waals surface area contributed by atoms with E-state index in [4.69, 9.17) is 14.6 Å². The van der Waals surface area contributed by atoms with Crippen LogP contribution in [0.3, 0.4) is 0 Å². The van der Waals surface area contributed by atoms with Gasteiger partial charge in [-0.1, -0.05) is 0 Å². The van der Waals surface area contributed by atoms with Gasteiger partial charge in [0, 0.05) is 44.3 Å². The van der Waals surface area contributed by atoms with Gasteiger partial charge in [0.2, 0.25) is 0 Å². The van der Waals surface area contributed by atoms with Crippen molar-refractivity contribution in [2.45, 2.75) is 58.9 Å². The molecule has 9 heteroatoms. The van der Waals surface area contributed by atoms with Crippen molar-refractivity contribution >= 4 is 11.9 Å². The zero-order valence-corrected chi connectivity index (χ0v) is 18.4. The van der Waals surface area contributed by atoms with Gasteiger partial charge in [0.05, 0.1) is 17.9 Å². The van der Waals surface area contributed by atoms with Gasteiger partial charge in [0.1, 0.15) is 11.5 Å². The van der Waals surface area contributed by atoms with E-state index in [1.807, 2.05) is 6.92 Å². The van der Waals surface area contributed by atoms with Gasteiger partial charge in [-0.05, 0) is 52.4 Å². The molecule has 2 aromatic heterocycles. The van der Waals surface area contributed by atoms with Crippen LogP contribution in [-0.4, -0.2) is 58.0 Å². The van der Waals surface area contributed by atoms with E-state index in [0.717, 1.165) is 43.4 Å². The van der Waals surface area contributed by atoms with Gasteiger partial charge in [0.25, 0.3) is 5.91 Å². The SMILES string of the molecule is CCn1nc(CCCCOC(=O)c2cnc(C)nc2)c2c1C(=O)NCCCOCCC2. The van der Waals surface area contributed by atoms with Crippen LogP contribution in [0.5, 0.6) is 0 Å². The first-order valence-electron chi connectivity index (χ1n) is 11.0. The summed E-state index contributed by atoms with van der Waals surface area (Å²) >= 11 is 0. The van der Waals surface area contributed by atoms with E-state index >= 15 is 0 Å². The fourth-order valence-corrected chi connectivity index (χ4v) is 3.55. The van der Waals surface area contributed by atoms with Crippen molar-refractivity contribution in [1.82, 2.24) is 25.1 Å². The number of aryl methyl sites for hydroxylation is 3. The number of rotatable bonds is 7. The first kappa shape index (κ1) is 22.9. The molecular formula is C22H31N5O4. The van der Waals surface area contributed by atoms with Crippen molar-refractivity contribution in [1.29, 1.82) is 0 Å². The Kier molecular flexibility index (Phi) is 8.52. The quantitative estimate of drug-likeness (QED) is 0.531. The number of nitrogens with zero attached hydrogens (tertiary/aromatic N) is 4. The molecule has 1 aliphatic rings. The molecule has 0 bridgehead atoms. The first-order chi connectivity index (χ1) is 15.1. The number of amides is 1. The summed E-state index contributed by atoms with van der Waals surface area (Å²) in [5.41, 5.74) is 2.98. The molecule has 3 heterocycles. The predicted molar refractivity (Wildman–Crippen MR) is 114 cm³/mol. The number of carbonyl (C=O) groups is 2. The molecule has 0 atom stereocenters. The van der Waals surface area contributed by atoms with Crippen molar-refractivity contribution in [3.05, 3.63) is 40.7 Å². The standard InChI is InChI=1S/C22H31N5O4/c1-3-27-20-18(8-6-11-30-12-7-10-23-21(20)28)19(26-27)9-4-5-13-31-22(29)17-14-24-16(2)25-15-17/h14-15H,3-13H2,1-2H3,(H,23,28). The number of unbranched alkanes of at least 4 members (excludes halogenated alkanes) is 1. The topological polar surface area (TPSA) is 108 Å². The molecule has 0 radical (unpaired) electrons. The van der Waals surface area contributed by atoms with Gasteiger partial charge in [-0.3, -0.25) is 9.48 Å². The second-order valence-corrected chi connectivity index (χ2v) is 7.53. The third kappa shape index (κ3) is 6.33. The summed E-state index contributed by atoms with van der Waals surface area (Å²) in [6, 6.07) is 0. The summed E-state index contributed by atoms with van der Waals surface area (Å²) in [7, 11) is 0. The monoisotopic (exact) mass is 429 g/mol. The highest BCUT2D eigenvalue weighted by Crippen LogP contribution is 2.20. The average Bonchev–Trinajstić information content (AvgIpc) is 3.11. The van der Waals surface area contributed by atoms with E-state index in [2.05, 4.69) is 15.3 Å². The maximum absolute atomic E-state index is 12.8.